The first-order valence-electron chi connectivity index (χ1n) is 11.3. The van der Waals surface area contributed by atoms with Gasteiger partial charge in [0.25, 0.3) is 10.0 Å². The third-order valence-electron chi connectivity index (χ3n) is 5.95. The van der Waals surface area contributed by atoms with Crippen molar-refractivity contribution in [3.63, 3.8) is 0 Å². The average Bonchev–Trinajstić information content (AvgIpc) is 3.30. The molecule has 5 aromatic rings. The summed E-state index contributed by atoms with van der Waals surface area (Å²) < 4.78 is 27.9. The molecule has 174 valence electrons. The summed E-state index contributed by atoms with van der Waals surface area (Å²) in [6.45, 7) is 0. The summed E-state index contributed by atoms with van der Waals surface area (Å²) in [5.41, 5.74) is 4.27. The van der Waals surface area contributed by atoms with E-state index in [0.717, 1.165) is 27.6 Å². The largest absolute Gasteiger partial charge is 0.299 e. The standard InChI is InChI=1S/C28H23N3O3S/c32-24(14-11-22-5-3-15-29-18-22)17-21-9-12-23(13-10-21)27-20-31(28-8-2-1-7-26(27)28)35(33,34)25-6-4-16-30-19-25/h1-10,12-13,15-16,18-20H,11,14,17H2. The lowest BCUT2D eigenvalue weighted by atomic mass is 9.99. The van der Waals surface area contributed by atoms with E-state index in [1.54, 1.807) is 36.9 Å². The van der Waals surface area contributed by atoms with Crippen molar-refractivity contribution >= 4 is 26.7 Å². The Hall–Kier alpha value is -4.10. The molecule has 0 saturated heterocycles. The van der Waals surface area contributed by atoms with Crippen LogP contribution in [0.3, 0.4) is 0 Å². The molecular weight excluding hydrogens is 458 g/mol. The smallest absolute Gasteiger partial charge is 0.269 e. The first-order chi connectivity index (χ1) is 17.0. The van der Waals surface area contributed by atoms with Gasteiger partial charge in [-0.05, 0) is 47.4 Å². The van der Waals surface area contributed by atoms with E-state index < -0.39 is 10.0 Å². The SMILES string of the molecule is O=C(CCc1cccnc1)Cc1ccc(-c2cn(S(=O)(=O)c3cccnc3)c3ccccc23)cc1. The van der Waals surface area contributed by atoms with Gasteiger partial charge >= 0.3 is 0 Å². The molecule has 6 nitrogen and oxygen atoms in total. The molecule has 0 unspecified atom stereocenters. The van der Waals surface area contributed by atoms with Crippen molar-refractivity contribution in [1.82, 2.24) is 13.9 Å². The highest BCUT2D eigenvalue weighted by atomic mass is 32.2. The lowest BCUT2D eigenvalue weighted by Gasteiger charge is -2.06. The van der Waals surface area contributed by atoms with Crippen molar-refractivity contribution in [2.75, 3.05) is 0 Å². The minimum Gasteiger partial charge on any atom is -0.299 e. The summed E-state index contributed by atoms with van der Waals surface area (Å²) in [5.74, 6) is 0.167. The second kappa shape index (κ2) is 9.64. The number of carbonyl (C=O) groups is 1. The fourth-order valence-electron chi connectivity index (χ4n) is 4.14. The zero-order valence-corrected chi connectivity index (χ0v) is 19.7. The summed E-state index contributed by atoms with van der Waals surface area (Å²) in [6.07, 6.45) is 9.56. The summed E-state index contributed by atoms with van der Waals surface area (Å²) in [7, 11) is -3.80. The van der Waals surface area contributed by atoms with Gasteiger partial charge in [-0.25, -0.2) is 12.4 Å². The molecule has 0 N–H and O–H groups in total. The number of aromatic nitrogens is 3. The monoisotopic (exact) mass is 481 g/mol. The van der Waals surface area contributed by atoms with E-state index >= 15 is 0 Å². The molecule has 5 rings (SSSR count). The lowest BCUT2D eigenvalue weighted by molar-refractivity contribution is -0.118. The second-order valence-electron chi connectivity index (χ2n) is 8.32. The van der Waals surface area contributed by atoms with Crippen LogP contribution in [0.5, 0.6) is 0 Å². The van der Waals surface area contributed by atoms with Gasteiger partial charge < -0.3 is 0 Å². The molecule has 0 aliphatic rings. The number of fused-ring (bicyclic) bond motifs is 1. The molecule has 0 amide bonds. The molecule has 0 spiro atoms. The van der Waals surface area contributed by atoms with Gasteiger partial charge in [0.05, 0.1) is 5.52 Å². The van der Waals surface area contributed by atoms with Gasteiger partial charge in [0.15, 0.2) is 0 Å². The summed E-state index contributed by atoms with van der Waals surface area (Å²) >= 11 is 0. The fourth-order valence-corrected chi connectivity index (χ4v) is 5.47. The van der Waals surface area contributed by atoms with Crippen molar-refractivity contribution in [2.45, 2.75) is 24.2 Å². The Morgan fingerprint density at radius 1 is 0.800 bits per heavy atom. The summed E-state index contributed by atoms with van der Waals surface area (Å²) in [4.78, 5) is 20.6. The van der Waals surface area contributed by atoms with Crippen LogP contribution in [0.4, 0.5) is 0 Å². The number of hydrogen-bond donors (Lipinski definition) is 0. The molecule has 7 heteroatoms. The van der Waals surface area contributed by atoms with Crippen LogP contribution in [-0.2, 0) is 27.7 Å². The van der Waals surface area contributed by atoms with Crippen molar-refractivity contribution in [1.29, 1.82) is 0 Å². The summed E-state index contributed by atoms with van der Waals surface area (Å²) in [5, 5.41) is 0.834. The number of hydrogen-bond acceptors (Lipinski definition) is 5. The quantitative estimate of drug-likeness (QED) is 0.309. The van der Waals surface area contributed by atoms with E-state index in [-0.39, 0.29) is 10.7 Å². The molecule has 0 radical (unpaired) electrons. The predicted molar refractivity (Wildman–Crippen MR) is 135 cm³/mol. The Labute approximate surface area is 204 Å². The molecule has 0 fully saturated rings. The van der Waals surface area contributed by atoms with Gasteiger partial charge in [0.2, 0.25) is 0 Å². The van der Waals surface area contributed by atoms with Gasteiger partial charge in [-0.3, -0.25) is 14.8 Å². The van der Waals surface area contributed by atoms with Crippen LogP contribution < -0.4 is 0 Å². The van der Waals surface area contributed by atoms with Crippen LogP contribution in [0.1, 0.15) is 17.5 Å². The van der Waals surface area contributed by atoms with Gasteiger partial charge in [0.1, 0.15) is 10.7 Å². The topological polar surface area (TPSA) is 81.9 Å². The second-order valence-corrected chi connectivity index (χ2v) is 10.1. The normalized spacial score (nSPS) is 11.5. The number of nitrogens with zero attached hydrogens (tertiary/aromatic N) is 3. The van der Waals surface area contributed by atoms with Gasteiger partial charge in [-0.1, -0.05) is 48.5 Å². The number of Topliss-reactive ketones (excluding diaryl/α,β-unsaturated/α-hetero) is 1. The third-order valence-corrected chi connectivity index (χ3v) is 7.61. The minimum absolute atomic E-state index is 0.132. The Morgan fingerprint density at radius 2 is 1.54 bits per heavy atom. The van der Waals surface area contributed by atoms with E-state index in [0.29, 0.717) is 24.8 Å². The number of benzene rings is 2. The van der Waals surface area contributed by atoms with Crippen LogP contribution in [0.2, 0.25) is 0 Å². The van der Waals surface area contributed by atoms with Gasteiger partial charge in [-0.15, -0.1) is 0 Å². The van der Waals surface area contributed by atoms with Crippen molar-refractivity contribution in [3.05, 3.63) is 115 Å². The Morgan fingerprint density at radius 3 is 2.26 bits per heavy atom. The highest BCUT2D eigenvalue weighted by Gasteiger charge is 2.21. The van der Waals surface area contributed by atoms with Crippen LogP contribution in [0, 0.1) is 0 Å². The molecule has 0 aliphatic carbocycles. The Balaban J connectivity index is 1.40. The number of para-hydroxylation sites is 1. The van der Waals surface area contributed by atoms with E-state index in [9.17, 15) is 13.2 Å². The first-order valence-corrected chi connectivity index (χ1v) is 12.7. The maximum atomic E-state index is 13.3. The zero-order chi connectivity index (χ0) is 24.3. The molecule has 2 aromatic carbocycles. The number of carbonyl (C=O) groups excluding carboxylic acids is 1. The highest BCUT2D eigenvalue weighted by molar-refractivity contribution is 7.90. The minimum atomic E-state index is -3.80. The van der Waals surface area contributed by atoms with Gasteiger partial charge in [0, 0.05) is 54.8 Å². The predicted octanol–water partition coefficient (Wildman–Crippen LogP) is 5.08. The van der Waals surface area contributed by atoms with Crippen LogP contribution in [0.25, 0.3) is 22.0 Å². The van der Waals surface area contributed by atoms with Crippen LogP contribution >= 0.6 is 0 Å². The Bertz CT molecular complexity index is 1580. The molecular formula is C28H23N3O3S. The average molecular weight is 482 g/mol. The molecule has 0 bridgehead atoms. The number of ketones is 1. The number of pyridine rings is 2. The fraction of sp³-hybridized carbons (Fsp3) is 0.107. The molecule has 0 aliphatic heterocycles. The maximum Gasteiger partial charge on any atom is 0.269 e. The molecule has 0 saturated carbocycles. The first kappa shape index (κ1) is 22.7. The summed E-state index contributed by atoms with van der Waals surface area (Å²) in [6, 6.07) is 22.1. The Kier molecular flexibility index (Phi) is 6.25. The van der Waals surface area contributed by atoms with Crippen molar-refractivity contribution in [3.8, 4) is 11.1 Å². The maximum absolute atomic E-state index is 13.3. The van der Waals surface area contributed by atoms with E-state index in [2.05, 4.69) is 9.97 Å². The number of rotatable bonds is 8. The highest BCUT2D eigenvalue weighted by Crippen LogP contribution is 2.33. The molecule has 0 atom stereocenters. The molecule has 3 aromatic heterocycles. The third kappa shape index (κ3) is 4.76. The van der Waals surface area contributed by atoms with Crippen molar-refractivity contribution in [2.24, 2.45) is 0 Å². The van der Waals surface area contributed by atoms with Gasteiger partial charge in [-0.2, -0.15) is 0 Å². The van der Waals surface area contributed by atoms with E-state index in [1.165, 1.54) is 16.2 Å². The molecule has 3 heterocycles. The van der Waals surface area contributed by atoms with Crippen molar-refractivity contribution < 1.29 is 13.2 Å². The number of aryl methyl sites for hydroxylation is 1. The van der Waals surface area contributed by atoms with E-state index in [1.807, 2.05) is 54.6 Å². The van der Waals surface area contributed by atoms with Crippen LogP contribution in [0.15, 0.2) is 109 Å². The zero-order valence-electron chi connectivity index (χ0n) is 18.9. The van der Waals surface area contributed by atoms with Crippen LogP contribution in [-0.4, -0.2) is 28.1 Å². The lowest BCUT2D eigenvalue weighted by Crippen LogP contribution is -2.11. The van der Waals surface area contributed by atoms with E-state index in [4.69, 9.17) is 0 Å². The molecule has 35 heavy (non-hydrogen) atoms.